The van der Waals surface area contributed by atoms with Crippen LogP contribution in [0.5, 0.6) is 0 Å². The van der Waals surface area contributed by atoms with E-state index in [4.69, 9.17) is 0 Å². The first-order chi connectivity index (χ1) is 22.7. The second kappa shape index (κ2) is 15.7. The predicted molar refractivity (Wildman–Crippen MR) is 210 cm³/mol. The molecule has 1 unspecified atom stereocenters. The summed E-state index contributed by atoms with van der Waals surface area (Å²) < 4.78 is 0. The Morgan fingerprint density at radius 3 is 1.00 bits per heavy atom. The molecule has 0 aromatic heterocycles. The van der Waals surface area contributed by atoms with Crippen LogP contribution in [0.2, 0.25) is 0 Å². The monoisotopic (exact) mass is 685 g/mol. The van der Waals surface area contributed by atoms with Crippen molar-refractivity contribution in [1.82, 2.24) is 0 Å². The van der Waals surface area contributed by atoms with Gasteiger partial charge in [-0.2, -0.15) is 0 Å². The molecule has 1 aromatic carbocycles. The molecular formula is C43H72ClP2+. The Morgan fingerprint density at radius 1 is 0.413 bits per heavy atom. The van der Waals surface area contributed by atoms with E-state index in [1.807, 2.05) is 5.56 Å². The summed E-state index contributed by atoms with van der Waals surface area (Å²) in [7, 11) is -1.52. The van der Waals surface area contributed by atoms with Gasteiger partial charge in [-0.15, -0.1) is 0 Å². The third-order valence-corrected chi connectivity index (χ3v) is 35.9. The fraction of sp³-hybridized carbons (Fsp3) is 0.860. The summed E-state index contributed by atoms with van der Waals surface area (Å²) in [5, 5.41) is 0.755. The molecule has 3 heteroatoms. The van der Waals surface area contributed by atoms with Crippen molar-refractivity contribution in [2.24, 2.45) is 0 Å². The molecule has 0 N–H and O–H groups in total. The van der Waals surface area contributed by atoms with Gasteiger partial charge in [-0.1, -0.05) is 0 Å². The normalized spacial score (nSPS) is 28.4. The summed E-state index contributed by atoms with van der Waals surface area (Å²) in [6, 6.07) is 12.8. The second-order valence-corrected chi connectivity index (χ2v) is 30.2. The van der Waals surface area contributed by atoms with Crippen molar-refractivity contribution in [3.63, 3.8) is 0 Å². The summed E-state index contributed by atoms with van der Waals surface area (Å²) in [5.41, 5.74) is 7.37. The maximum atomic E-state index is 9.94. The predicted octanol–water partition coefficient (Wildman–Crippen LogP) is 15.4. The van der Waals surface area contributed by atoms with E-state index in [2.05, 4.69) is 30.3 Å². The summed E-state index contributed by atoms with van der Waals surface area (Å²) in [4.78, 5) is 0. The number of hydrogen-bond acceptors (Lipinski definition) is 0. The van der Waals surface area contributed by atoms with Gasteiger partial charge in [-0.3, -0.25) is 0 Å². The van der Waals surface area contributed by atoms with Gasteiger partial charge in [-0.05, 0) is 0 Å². The zero-order valence-electron chi connectivity index (χ0n) is 29.9. The van der Waals surface area contributed by atoms with E-state index < -0.39 is 13.2 Å². The molecule has 6 saturated carbocycles. The van der Waals surface area contributed by atoms with Crippen LogP contribution in [0, 0.1) is 0 Å². The number of rotatable bonds is 9. The number of halogens is 1. The molecule has 0 saturated heterocycles. The first-order valence-corrected chi connectivity index (χ1v) is 26.8. The van der Waals surface area contributed by atoms with Gasteiger partial charge >= 0.3 is 292 Å². The molecule has 0 nitrogen and oxygen atoms in total. The van der Waals surface area contributed by atoms with Gasteiger partial charge in [0, 0.05) is 0 Å². The van der Waals surface area contributed by atoms with Crippen LogP contribution in [-0.4, -0.2) is 34.0 Å². The van der Waals surface area contributed by atoms with Gasteiger partial charge in [-0.25, -0.2) is 0 Å². The molecule has 0 heterocycles. The molecule has 7 rings (SSSR count). The number of hydrogen-bond donors (Lipinski definition) is 0. The van der Waals surface area contributed by atoms with Crippen LogP contribution >= 0.6 is 24.5 Å². The van der Waals surface area contributed by atoms with E-state index in [9.17, 15) is 11.2 Å². The van der Waals surface area contributed by atoms with Crippen molar-refractivity contribution >= 4 is 24.5 Å². The molecule has 0 aliphatic heterocycles. The average molecular weight is 686 g/mol. The van der Waals surface area contributed by atoms with Crippen molar-refractivity contribution in [2.75, 3.05) is 0 Å². The van der Waals surface area contributed by atoms with Crippen molar-refractivity contribution in [3.05, 3.63) is 35.9 Å². The molecule has 6 fully saturated rings. The van der Waals surface area contributed by atoms with Crippen molar-refractivity contribution in [1.29, 1.82) is 0 Å². The fourth-order valence-electron chi connectivity index (χ4n) is 14.1. The topological polar surface area (TPSA) is 0 Å². The van der Waals surface area contributed by atoms with Gasteiger partial charge < -0.3 is 0 Å². The van der Waals surface area contributed by atoms with Gasteiger partial charge in [0.2, 0.25) is 0 Å². The minimum atomic E-state index is -2.88. The molecule has 0 radical (unpaired) electrons. The van der Waals surface area contributed by atoms with Crippen molar-refractivity contribution in [3.8, 4) is 0 Å². The molecule has 0 amide bonds. The molecule has 0 spiro atoms. The molecule has 260 valence electrons. The molecule has 1 atom stereocenters. The van der Waals surface area contributed by atoms with Gasteiger partial charge in [0.15, 0.2) is 0 Å². The van der Waals surface area contributed by atoms with E-state index in [0.717, 1.165) is 39.4 Å². The molecule has 6 aliphatic carbocycles. The van der Waals surface area contributed by atoms with E-state index in [1.165, 1.54) is 154 Å². The van der Waals surface area contributed by atoms with E-state index in [-0.39, 0.29) is 0 Å². The second-order valence-electron chi connectivity index (χ2n) is 17.7. The van der Waals surface area contributed by atoms with Crippen LogP contribution in [0.3, 0.4) is 0 Å². The quantitative estimate of drug-likeness (QED) is 0.227. The van der Waals surface area contributed by atoms with Crippen LogP contribution in [0.4, 0.5) is 0 Å². The Balaban J connectivity index is 1.57. The molecule has 46 heavy (non-hydrogen) atoms. The minimum absolute atomic E-state index is 0.755. The fourth-order valence-corrected chi connectivity index (χ4v) is 39.9. The standard InChI is InChI=1S/C43H72ClP2/c44-46(40-30-16-5-17-31-40,41-32-18-6-19-33-41,42-34-20-7-21-35-42)43(36-22-8-1-9-23-36)45(37-24-10-2-11-25-37,38-26-12-3-13-27-38)39-28-14-4-15-29-39/h1,8-9,22-23,37-43H,2-7,10-21,24-35H2/q+1. The maximum absolute atomic E-state index is 9.94. The van der Waals surface area contributed by atoms with Crippen LogP contribution in [0.1, 0.15) is 204 Å². The van der Waals surface area contributed by atoms with Crippen molar-refractivity contribution < 1.29 is 0 Å². The Morgan fingerprint density at radius 2 is 0.696 bits per heavy atom. The summed E-state index contributed by atoms with van der Waals surface area (Å²) in [5.74, 6) is -2.88. The van der Waals surface area contributed by atoms with Crippen LogP contribution in [0.15, 0.2) is 30.3 Å². The zero-order chi connectivity index (χ0) is 31.3. The third-order valence-electron chi connectivity index (χ3n) is 15.7. The van der Waals surface area contributed by atoms with E-state index in [1.54, 1.807) is 38.5 Å². The van der Waals surface area contributed by atoms with Gasteiger partial charge in [0.25, 0.3) is 0 Å². The van der Waals surface area contributed by atoms with Crippen molar-refractivity contribution in [2.45, 2.75) is 232 Å². The molecule has 6 aliphatic rings. The molecule has 1 aromatic rings. The third kappa shape index (κ3) is 6.16. The van der Waals surface area contributed by atoms with E-state index >= 15 is 0 Å². The Bertz CT molecular complexity index is 956. The molecule has 0 bridgehead atoms. The summed E-state index contributed by atoms with van der Waals surface area (Å²) in [6.45, 7) is 0. The Kier molecular flexibility index (Phi) is 11.9. The van der Waals surface area contributed by atoms with Crippen LogP contribution < -0.4 is 0 Å². The van der Waals surface area contributed by atoms with E-state index in [0.29, 0.717) is 0 Å². The number of benzene rings is 1. The Hall–Kier alpha value is 0.370. The van der Waals surface area contributed by atoms with Crippen LogP contribution in [-0.2, 0) is 0 Å². The summed E-state index contributed by atoms with van der Waals surface area (Å²) >= 11 is 9.94. The van der Waals surface area contributed by atoms with Crippen LogP contribution in [0.25, 0.3) is 0 Å². The van der Waals surface area contributed by atoms with Gasteiger partial charge in [0.1, 0.15) is 0 Å². The first-order valence-electron chi connectivity index (χ1n) is 21.3. The zero-order valence-corrected chi connectivity index (χ0v) is 32.5. The molecular weight excluding hydrogens is 614 g/mol. The SMILES string of the molecule is ClP(C1CCCCC1)(C1CCCCC1)(C1CCCCC1)C(c1ccccc1)[P+](C1CCCCC1)(C1CCCCC1)C1CCCCC1. The summed E-state index contributed by atoms with van der Waals surface area (Å²) in [6.07, 6.45) is 45.1. The Labute approximate surface area is 291 Å². The van der Waals surface area contributed by atoms with Gasteiger partial charge in [0.05, 0.1) is 0 Å². The first kappa shape index (κ1) is 34.8. The average Bonchev–Trinajstić information content (AvgIpc) is 3.16.